The number of para-hydroxylation sites is 2. The smallest absolute Gasteiger partial charge is 0.302 e. The average Bonchev–Trinajstić information content (AvgIpc) is 2.49. The van der Waals surface area contributed by atoms with Crippen LogP contribution in [0.1, 0.15) is 26.2 Å². The van der Waals surface area contributed by atoms with Crippen LogP contribution in [0.3, 0.4) is 0 Å². The Morgan fingerprint density at radius 3 is 2.86 bits per heavy atom. The summed E-state index contributed by atoms with van der Waals surface area (Å²) in [6.07, 6.45) is 2.43. The van der Waals surface area contributed by atoms with Crippen molar-refractivity contribution in [1.82, 2.24) is 4.31 Å². The molecule has 1 aromatic rings. The fraction of sp³-hybridized carbons (Fsp3) is 0.571. The Labute approximate surface area is 125 Å². The molecule has 0 radical (unpaired) electrons. The highest BCUT2D eigenvalue weighted by Crippen LogP contribution is 2.27. The number of hydrogen-bond acceptors (Lipinski definition) is 4. The first-order valence-electron chi connectivity index (χ1n) is 7.20. The summed E-state index contributed by atoms with van der Waals surface area (Å²) in [5, 5.41) is 9.37. The molecule has 0 aliphatic carbocycles. The summed E-state index contributed by atoms with van der Waals surface area (Å²) in [7, 11) is -3.70. The standard InChI is InChI=1S/C14H22N2O4S/c1-2-20-14-9-4-3-8-13(14)15-21(18,19)16-10-6-5-7-12(16)11-17/h3-4,8-9,12,15,17H,2,5-7,10-11H2,1H3. The van der Waals surface area contributed by atoms with Crippen LogP contribution in [0.4, 0.5) is 5.69 Å². The monoisotopic (exact) mass is 314 g/mol. The molecule has 21 heavy (non-hydrogen) atoms. The lowest BCUT2D eigenvalue weighted by atomic mass is 10.1. The molecule has 1 aliphatic rings. The normalized spacial score (nSPS) is 20.2. The van der Waals surface area contributed by atoms with Crippen LogP contribution in [0.2, 0.25) is 0 Å². The molecule has 1 fully saturated rings. The summed E-state index contributed by atoms with van der Waals surface area (Å²) < 4.78 is 34.4. The van der Waals surface area contributed by atoms with Gasteiger partial charge in [-0.3, -0.25) is 4.72 Å². The third-order valence-electron chi connectivity index (χ3n) is 3.52. The predicted octanol–water partition coefficient (Wildman–Crippen LogP) is 1.59. The average molecular weight is 314 g/mol. The summed E-state index contributed by atoms with van der Waals surface area (Å²) >= 11 is 0. The number of ether oxygens (including phenoxy) is 1. The van der Waals surface area contributed by atoms with Crippen molar-refractivity contribution in [2.45, 2.75) is 32.2 Å². The molecule has 6 nitrogen and oxygen atoms in total. The Kier molecular flexibility index (Phi) is 5.44. The molecular formula is C14H22N2O4S. The second-order valence-corrected chi connectivity index (χ2v) is 6.60. The number of nitrogens with one attached hydrogen (secondary N) is 1. The molecule has 7 heteroatoms. The number of aliphatic hydroxyl groups is 1. The molecule has 118 valence electrons. The first-order chi connectivity index (χ1) is 10.1. The van der Waals surface area contributed by atoms with Gasteiger partial charge in [-0.15, -0.1) is 0 Å². The Morgan fingerprint density at radius 2 is 2.14 bits per heavy atom. The Hall–Kier alpha value is -1.31. The predicted molar refractivity (Wildman–Crippen MR) is 81.6 cm³/mol. The van der Waals surface area contributed by atoms with Gasteiger partial charge in [0.1, 0.15) is 5.75 Å². The SMILES string of the molecule is CCOc1ccccc1NS(=O)(=O)N1CCCCC1CO. The number of rotatable bonds is 6. The zero-order valence-electron chi connectivity index (χ0n) is 12.2. The van der Waals surface area contributed by atoms with Gasteiger partial charge in [0, 0.05) is 12.6 Å². The van der Waals surface area contributed by atoms with E-state index in [4.69, 9.17) is 4.74 Å². The second kappa shape index (κ2) is 7.11. The van der Waals surface area contributed by atoms with E-state index in [2.05, 4.69) is 4.72 Å². The highest BCUT2D eigenvalue weighted by Gasteiger charge is 2.32. The van der Waals surface area contributed by atoms with E-state index in [0.717, 1.165) is 12.8 Å². The molecule has 0 bridgehead atoms. The van der Waals surface area contributed by atoms with Gasteiger partial charge in [0.15, 0.2) is 0 Å². The van der Waals surface area contributed by atoms with E-state index in [1.165, 1.54) is 4.31 Å². The van der Waals surface area contributed by atoms with Crippen molar-refractivity contribution in [3.8, 4) is 5.75 Å². The molecule has 1 heterocycles. The summed E-state index contributed by atoms with van der Waals surface area (Å²) in [6, 6.07) is 6.58. The molecule has 0 saturated carbocycles. The van der Waals surface area contributed by atoms with Crippen molar-refractivity contribution in [3.63, 3.8) is 0 Å². The lowest BCUT2D eigenvalue weighted by Crippen LogP contribution is -2.47. The molecular weight excluding hydrogens is 292 g/mol. The van der Waals surface area contributed by atoms with Crippen molar-refractivity contribution >= 4 is 15.9 Å². The van der Waals surface area contributed by atoms with Crippen molar-refractivity contribution in [2.75, 3.05) is 24.5 Å². The topological polar surface area (TPSA) is 78.9 Å². The molecule has 1 unspecified atom stereocenters. The summed E-state index contributed by atoms with van der Waals surface area (Å²) in [5.41, 5.74) is 0.418. The van der Waals surface area contributed by atoms with Crippen LogP contribution in [-0.4, -0.2) is 43.6 Å². The number of aliphatic hydroxyl groups excluding tert-OH is 1. The highest BCUT2D eigenvalue weighted by molar-refractivity contribution is 7.90. The van der Waals surface area contributed by atoms with E-state index < -0.39 is 10.2 Å². The third kappa shape index (κ3) is 3.87. The van der Waals surface area contributed by atoms with E-state index in [1.54, 1.807) is 24.3 Å². The largest absolute Gasteiger partial charge is 0.492 e. The fourth-order valence-corrected chi connectivity index (χ4v) is 4.00. The van der Waals surface area contributed by atoms with E-state index in [0.29, 0.717) is 31.0 Å². The third-order valence-corrected chi connectivity index (χ3v) is 5.09. The van der Waals surface area contributed by atoms with Gasteiger partial charge >= 0.3 is 10.2 Å². The lowest BCUT2D eigenvalue weighted by Gasteiger charge is -2.33. The number of hydrogen-bond donors (Lipinski definition) is 2. The van der Waals surface area contributed by atoms with Crippen molar-refractivity contribution in [1.29, 1.82) is 0 Å². The van der Waals surface area contributed by atoms with Crippen LogP contribution in [0.5, 0.6) is 5.75 Å². The van der Waals surface area contributed by atoms with Crippen LogP contribution in [-0.2, 0) is 10.2 Å². The van der Waals surface area contributed by atoms with Gasteiger partial charge in [0.2, 0.25) is 0 Å². The maximum Gasteiger partial charge on any atom is 0.302 e. The number of nitrogens with zero attached hydrogens (tertiary/aromatic N) is 1. The maximum atomic E-state index is 12.5. The van der Waals surface area contributed by atoms with Gasteiger partial charge in [0.05, 0.1) is 18.9 Å². The van der Waals surface area contributed by atoms with Gasteiger partial charge in [-0.05, 0) is 31.9 Å². The van der Waals surface area contributed by atoms with Gasteiger partial charge in [-0.25, -0.2) is 0 Å². The highest BCUT2D eigenvalue weighted by atomic mass is 32.2. The zero-order valence-corrected chi connectivity index (χ0v) is 13.0. The van der Waals surface area contributed by atoms with Crippen molar-refractivity contribution in [2.24, 2.45) is 0 Å². The summed E-state index contributed by atoms with van der Waals surface area (Å²) in [6.45, 7) is 2.57. The van der Waals surface area contributed by atoms with Gasteiger partial charge in [0.25, 0.3) is 0 Å². The minimum atomic E-state index is -3.70. The molecule has 1 saturated heterocycles. The molecule has 1 aromatic carbocycles. The minimum absolute atomic E-state index is 0.159. The molecule has 0 amide bonds. The van der Waals surface area contributed by atoms with Gasteiger partial charge in [-0.1, -0.05) is 18.6 Å². The number of anilines is 1. The zero-order chi connectivity index (χ0) is 15.3. The summed E-state index contributed by atoms with van der Waals surface area (Å²) in [4.78, 5) is 0. The van der Waals surface area contributed by atoms with Crippen LogP contribution < -0.4 is 9.46 Å². The van der Waals surface area contributed by atoms with Crippen LogP contribution in [0.25, 0.3) is 0 Å². The Bertz CT molecular complexity index is 562. The minimum Gasteiger partial charge on any atom is -0.492 e. The van der Waals surface area contributed by atoms with Gasteiger partial charge < -0.3 is 9.84 Å². The van der Waals surface area contributed by atoms with E-state index in [9.17, 15) is 13.5 Å². The fourth-order valence-electron chi connectivity index (χ4n) is 2.50. The number of piperidine rings is 1. The second-order valence-electron chi connectivity index (χ2n) is 4.98. The Morgan fingerprint density at radius 1 is 1.38 bits per heavy atom. The van der Waals surface area contributed by atoms with Crippen molar-refractivity contribution in [3.05, 3.63) is 24.3 Å². The van der Waals surface area contributed by atoms with E-state index in [1.807, 2.05) is 6.92 Å². The van der Waals surface area contributed by atoms with E-state index >= 15 is 0 Å². The first-order valence-corrected chi connectivity index (χ1v) is 8.64. The molecule has 1 aliphatic heterocycles. The van der Waals surface area contributed by atoms with Crippen molar-refractivity contribution < 1.29 is 18.3 Å². The molecule has 0 spiro atoms. The molecule has 1 atom stereocenters. The van der Waals surface area contributed by atoms with Crippen LogP contribution >= 0.6 is 0 Å². The molecule has 2 rings (SSSR count). The van der Waals surface area contributed by atoms with E-state index in [-0.39, 0.29) is 12.6 Å². The van der Waals surface area contributed by atoms with Crippen LogP contribution in [0.15, 0.2) is 24.3 Å². The Balaban J connectivity index is 2.20. The lowest BCUT2D eigenvalue weighted by molar-refractivity contribution is 0.156. The first kappa shape index (κ1) is 16.1. The number of benzene rings is 1. The maximum absolute atomic E-state index is 12.5. The van der Waals surface area contributed by atoms with Crippen LogP contribution in [0, 0.1) is 0 Å². The quantitative estimate of drug-likeness (QED) is 0.836. The van der Waals surface area contributed by atoms with Gasteiger partial charge in [-0.2, -0.15) is 12.7 Å². The molecule has 0 aromatic heterocycles. The molecule has 2 N–H and O–H groups in total. The summed E-state index contributed by atoms with van der Waals surface area (Å²) in [5.74, 6) is 0.501.